The fourth-order valence-corrected chi connectivity index (χ4v) is 3.73. The van der Waals surface area contributed by atoms with Crippen LogP contribution in [0.25, 0.3) is 0 Å². The fraction of sp³-hybridized carbons (Fsp3) is 0.294. The lowest BCUT2D eigenvalue weighted by molar-refractivity contribution is -0.137. The van der Waals surface area contributed by atoms with Crippen LogP contribution in [-0.4, -0.2) is 38.4 Å². The molecule has 1 aromatic carbocycles. The molecular formula is C17H17F3N2O3S2. The van der Waals surface area contributed by atoms with Gasteiger partial charge in [-0.3, -0.25) is 9.69 Å². The molecule has 0 fully saturated rings. The Hall–Kier alpha value is -2.07. The van der Waals surface area contributed by atoms with Crippen LogP contribution >= 0.6 is 11.8 Å². The van der Waals surface area contributed by atoms with Gasteiger partial charge in [0, 0.05) is 18.1 Å². The lowest BCUT2D eigenvalue weighted by Gasteiger charge is -2.19. The smallest absolute Gasteiger partial charge is 0.296 e. The first kappa shape index (κ1) is 21.2. The number of hydrogen-bond acceptors (Lipinski definition) is 5. The molecule has 2 rings (SSSR count). The van der Waals surface area contributed by atoms with Crippen molar-refractivity contribution in [2.24, 2.45) is 0 Å². The van der Waals surface area contributed by atoms with Crippen molar-refractivity contribution in [3.8, 4) is 0 Å². The van der Waals surface area contributed by atoms with Crippen LogP contribution < -0.4 is 4.90 Å². The third-order valence-electron chi connectivity index (χ3n) is 3.86. The maximum atomic E-state index is 13.0. The Balaban J connectivity index is 2.53. The van der Waals surface area contributed by atoms with E-state index in [1.807, 2.05) is 6.26 Å². The predicted octanol–water partition coefficient (Wildman–Crippen LogP) is 3.89. The largest absolute Gasteiger partial charge is 0.416 e. The van der Waals surface area contributed by atoms with Gasteiger partial charge < -0.3 is 0 Å². The van der Waals surface area contributed by atoms with Crippen molar-refractivity contribution >= 4 is 33.3 Å². The van der Waals surface area contributed by atoms with Gasteiger partial charge in [-0.25, -0.2) is 13.4 Å². The van der Waals surface area contributed by atoms with E-state index < -0.39 is 38.1 Å². The lowest BCUT2D eigenvalue weighted by Crippen LogP contribution is -2.29. The topological polar surface area (TPSA) is 67.3 Å². The van der Waals surface area contributed by atoms with E-state index in [2.05, 4.69) is 4.98 Å². The molecule has 0 aliphatic heterocycles. The molecule has 10 heteroatoms. The number of aromatic nitrogens is 1. The minimum atomic E-state index is -4.72. The van der Waals surface area contributed by atoms with E-state index in [4.69, 9.17) is 0 Å². The second kappa shape index (κ2) is 7.89. The summed E-state index contributed by atoms with van der Waals surface area (Å²) in [6, 6.07) is 5.39. The molecule has 1 heterocycles. The number of anilines is 1. The number of sulfone groups is 1. The molecule has 0 spiro atoms. The predicted molar refractivity (Wildman–Crippen MR) is 97.9 cm³/mol. The van der Waals surface area contributed by atoms with Crippen LogP contribution in [0, 0.1) is 0 Å². The van der Waals surface area contributed by atoms with Crippen molar-refractivity contribution in [1.29, 1.82) is 0 Å². The summed E-state index contributed by atoms with van der Waals surface area (Å²) in [7, 11) is -2.68. The second-order valence-electron chi connectivity index (χ2n) is 5.53. The molecular weight excluding hydrogens is 401 g/mol. The lowest BCUT2D eigenvalue weighted by atomic mass is 10.1. The maximum Gasteiger partial charge on any atom is 0.416 e. The highest BCUT2D eigenvalue weighted by atomic mass is 32.2. The molecule has 0 radical (unpaired) electrons. The number of thioether (sulfide) groups is 1. The summed E-state index contributed by atoms with van der Waals surface area (Å²) in [6.07, 6.45) is -1.32. The van der Waals surface area contributed by atoms with Crippen molar-refractivity contribution in [1.82, 2.24) is 4.98 Å². The van der Waals surface area contributed by atoms with Crippen molar-refractivity contribution in [2.75, 3.05) is 24.0 Å². The van der Waals surface area contributed by atoms with Crippen molar-refractivity contribution in [3.63, 3.8) is 0 Å². The van der Waals surface area contributed by atoms with E-state index in [0.717, 1.165) is 15.9 Å². The maximum absolute atomic E-state index is 13.0. The Kier molecular flexibility index (Phi) is 6.21. The van der Waals surface area contributed by atoms with Gasteiger partial charge in [0.1, 0.15) is 5.82 Å². The Morgan fingerprint density at radius 2 is 1.89 bits per heavy atom. The zero-order valence-corrected chi connectivity index (χ0v) is 16.4. The molecule has 27 heavy (non-hydrogen) atoms. The van der Waals surface area contributed by atoms with Crippen LogP contribution in [0.5, 0.6) is 0 Å². The number of rotatable bonds is 5. The summed E-state index contributed by atoms with van der Waals surface area (Å²) in [5, 5.41) is 0. The summed E-state index contributed by atoms with van der Waals surface area (Å²) in [5.41, 5.74) is -1.46. The second-order valence-corrected chi connectivity index (χ2v) is 8.66. The summed E-state index contributed by atoms with van der Waals surface area (Å²) in [4.78, 5) is 18.2. The van der Waals surface area contributed by atoms with E-state index in [0.29, 0.717) is 12.1 Å². The van der Waals surface area contributed by atoms with Crippen LogP contribution in [0.2, 0.25) is 0 Å². The number of nitrogens with zero attached hydrogens (tertiary/aromatic N) is 2. The molecule has 0 aliphatic rings. The number of halogens is 3. The molecule has 0 aliphatic carbocycles. The van der Waals surface area contributed by atoms with Gasteiger partial charge >= 0.3 is 6.18 Å². The van der Waals surface area contributed by atoms with E-state index in [1.165, 1.54) is 25.7 Å². The Bertz CT molecular complexity index is 943. The summed E-state index contributed by atoms with van der Waals surface area (Å²) in [6.45, 7) is 1.30. The Morgan fingerprint density at radius 3 is 2.37 bits per heavy atom. The van der Waals surface area contributed by atoms with Gasteiger partial charge in [-0.05, 0) is 36.6 Å². The zero-order valence-electron chi connectivity index (χ0n) is 14.7. The van der Waals surface area contributed by atoms with Crippen LogP contribution in [0.15, 0.2) is 46.3 Å². The minimum Gasteiger partial charge on any atom is -0.296 e. The molecule has 146 valence electrons. The highest BCUT2D eigenvalue weighted by Gasteiger charge is 2.34. The molecule has 1 aromatic heterocycles. The minimum absolute atomic E-state index is 0.248. The Labute approximate surface area is 159 Å². The first-order valence-electron chi connectivity index (χ1n) is 7.73. The van der Waals surface area contributed by atoms with Crippen molar-refractivity contribution < 1.29 is 26.4 Å². The van der Waals surface area contributed by atoms with Crippen LogP contribution in [0.3, 0.4) is 0 Å². The number of amides is 1. The van der Waals surface area contributed by atoms with Gasteiger partial charge in [-0.2, -0.15) is 13.2 Å². The van der Waals surface area contributed by atoms with Crippen LogP contribution in [-0.2, 0) is 16.0 Å². The first-order chi connectivity index (χ1) is 12.5. The van der Waals surface area contributed by atoms with E-state index in [-0.39, 0.29) is 11.4 Å². The number of benzene rings is 1. The third kappa shape index (κ3) is 4.62. The monoisotopic (exact) mass is 418 g/mol. The highest BCUT2D eigenvalue weighted by molar-refractivity contribution is 7.98. The molecule has 0 bridgehead atoms. The molecule has 0 saturated heterocycles. The number of hydrogen-bond donors (Lipinski definition) is 0. The quantitative estimate of drug-likeness (QED) is 0.689. The third-order valence-corrected chi connectivity index (χ3v) is 6.34. The van der Waals surface area contributed by atoms with Crippen LogP contribution in [0.1, 0.15) is 22.8 Å². The number of pyridine rings is 1. The summed E-state index contributed by atoms with van der Waals surface area (Å²) >= 11 is 1.45. The van der Waals surface area contributed by atoms with Crippen molar-refractivity contribution in [2.45, 2.75) is 22.9 Å². The normalized spacial score (nSPS) is 12.1. The average molecular weight is 418 g/mol. The fourth-order valence-electron chi connectivity index (χ4n) is 2.26. The van der Waals surface area contributed by atoms with Gasteiger partial charge in [-0.1, -0.05) is 6.92 Å². The van der Waals surface area contributed by atoms with E-state index >= 15 is 0 Å². The molecule has 5 nitrogen and oxygen atoms in total. The van der Waals surface area contributed by atoms with Gasteiger partial charge in [-0.15, -0.1) is 11.8 Å². The van der Waals surface area contributed by atoms with Crippen molar-refractivity contribution in [3.05, 3.63) is 47.7 Å². The SMILES string of the molecule is CCS(=O)(=O)c1cc(C(F)(F)F)ccc1C(=O)N(C)c1ccc(SC)cn1. The molecule has 2 aromatic rings. The van der Waals surface area contributed by atoms with Gasteiger partial charge in [0.25, 0.3) is 5.91 Å². The summed E-state index contributed by atoms with van der Waals surface area (Å²) in [5.74, 6) is -0.948. The van der Waals surface area contributed by atoms with Crippen LogP contribution in [0.4, 0.5) is 19.0 Å². The number of alkyl halides is 3. The molecule has 0 saturated carbocycles. The van der Waals surface area contributed by atoms with E-state index in [9.17, 15) is 26.4 Å². The first-order valence-corrected chi connectivity index (χ1v) is 10.6. The number of carbonyl (C=O) groups excluding carboxylic acids is 1. The highest BCUT2D eigenvalue weighted by Crippen LogP contribution is 2.33. The zero-order chi connectivity index (χ0) is 20.4. The molecule has 1 amide bonds. The molecule has 0 atom stereocenters. The molecule has 0 N–H and O–H groups in total. The Morgan fingerprint density at radius 1 is 1.22 bits per heavy atom. The van der Waals surface area contributed by atoms with Gasteiger partial charge in [0.2, 0.25) is 0 Å². The van der Waals surface area contributed by atoms with Gasteiger partial charge in [0.05, 0.1) is 21.8 Å². The molecule has 0 unspecified atom stereocenters. The number of carbonyl (C=O) groups is 1. The van der Waals surface area contributed by atoms with E-state index in [1.54, 1.807) is 18.3 Å². The van der Waals surface area contributed by atoms with Gasteiger partial charge in [0.15, 0.2) is 9.84 Å². The summed E-state index contributed by atoms with van der Waals surface area (Å²) < 4.78 is 63.5. The average Bonchev–Trinajstić information content (AvgIpc) is 2.65. The standard InChI is InChI=1S/C17H17F3N2O3S2/c1-4-27(24,25)14-9-11(17(18,19)20)5-7-13(14)16(23)22(2)15-8-6-12(26-3)10-21-15/h5-10H,4H2,1-3H3.